The Labute approximate surface area is 514 Å². The first-order valence-electron chi connectivity index (χ1n) is 29.8. The van der Waals surface area contributed by atoms with E-state index in [1.807, 2.05) is 49.4 Å². The van der Waals surface area contributed by atoms with Gasteiger partial charge in [0.1, 0.15) is 17.8 Å². The number of carbonyl (C=O) groups is 7. The van der Waals surface area contributed by atoms with E-state index in [2.05, 4.69) is 60.2 Å². The van der Waals surface area contributed by atoms with Crippen LogP contribution in [-0.4, -0.2) is 119 Å². The summed E-state index contributed by atoms with van der Waals surface area (Å²) in [6.07, 6.45) is 10.7. The summed E-state index contributed by atoms with van der Waals surface area (Å²) in [5.74, 6) is -1.76. The van der Waals surface area contributed by atoms with Crippen molar-refractivity contribution in [3.8, 4) is 22.7 Å². The maximum Gasteiger partial charge on any atom is 0.272 e. The van der Waals surface area contributed by atoms with Gasteiger partial charge in [-0.05, 0) is 162 Å². The summed E-state index contributed by atoms with van der Waals surface area (Å²) >= 11 is 18.9. The molecule has 0 aliphatic heterocycles. The Bertz CT molecular complexity index is 3050. The van der Waals surface area contributed by atoms with Gasteiger partial charge in [0.05, 0.1) is 16.4 Å². The fraction of sp³-hybridized carbons (Fsp3) is 0.469. The van der Waals surface area contributed by atoms with E-state index in [1.54, 1.807) is 41.1 Å². The molecule has 3 atom stereocenters. The first-order chi connectivity index (χ1) is 40.9. The van der Waals surface area contributed by atoms with Crippen molar-refractivity contribution in [3.05, 3.63) is 128 Å². The molecule has 1 heterocycles. The number of benzene rings is 4. The van der Waals surface area contributed by atoms with E-state index in [9.17, 15) is 38.7 Å². The van der Waals surface area contributed by atoms with E-state index in [0.717, 1.165) is 69.2 Å². The van der Waals surface area contributed by atoms with Crippen molar-refractivity contribution in [3.63, 3.8) is 0 Å². The van der Waals surface area contributed by atoms with E-state index in [0.29, 0.717) is 127 Å². The molecule has 1 aliphatic rings. The fourth-order valence-electron chi connectivity index (χ4n) is 10.7. The minimum absolute atomic E-state index is 0.0248. The normalized spacial score (nSPS) is 13.5. The summed E-state index contributed by atoms with van der Waals surface area (Å²) in [6.45, 7) is 10.1. The summed E-state index contributed by atoms with van der Waals surface area (Å²) in [6, 6.07) is 24.9. The largest absolute Gasteiger partial charge is 0.508 e. The van der Waals surface area contributed by atoms with Crippen LogP contribution in [0.2, 0.25) is 15.1 Å². The Hall–Kier alpha value is -6.99. The third-order valence-electron chi connectivity index (χ3n) is 15.1. The molecule has 85 heavy (non-hydrogen) atoms. The molecule has 0 saturated heterocycles. The number of nitrogens with zero attached hydrogens (tertiary/aromatic N) is 3. The van der Waals surface area contributed by atoms with Gasteiger partial charge in [-0.2, -0.15) is 5.10 Å². The second-order valence-corrected chi connectivity index (χ2v) is 23.1. The highest BCUT2D eigenvalue weighted by molar-refractivity contribution is 6.35. The Morgan fingerprint density at radius 3 is 1.88 bits per heavy atom. The molecular weight excluding hydrogens is 1140 g/mol. The van der Waals surface area contributed by atoms with Gasteiger partial charge in [0.25, 0.3) is 5.91 Å². The number of carbonyl (C=O) groups excluding carboxylic acids is 7. The number of hydrogen-bond acceptors (Lipinski definition) is 10. The molecular formula is C64H83Cl3N10O8. The zero-order valence-electron chi connectivity index (χ0n) is 49.4. The molecule has 0 spiro atoms. The number of hydrogen-bond donors (Lipinski definition) is 8. The number of aromatic nitrogens is 2. The monoisotopic (exact) mass is 1220 g/mol. The zero-order chi connectivity index (χ0) is 61.3. The molecule has 0 fully saturated rings. The number of rotatable bonds is 34. The van der Waals surface area contributed by atoms with Crippen LogP contribution in [0, 0.1) is 6.92 Å². The maximum absolute atomic E-state index is 13.4. The van der Waals surface area contributed by atoms with Crippen molar-refractivity contribution in [2.75, 3.05) is 44.6 Å². The van der Waals surface area contributed by atoms with Crippen molar-refractivity contribution in [2.24, 2.45) is 0 Å². The maximum atomic E-state index is 13.4. The van der Waals surface area contributed by atoms with Crippen molar-refractivity contribution in [1.82, 2.24) is 46.6 Å². The highest BCUT2D eigenvalue weighted by Gasteiger charge is 2.27. The van der Waals surface area contributed by atoms with Gasteiger partial charge in [-0.15, -0.1) is 0 Å². The average Bonchev–Trinajstić information content (AvgIpc) is 1.82. The molecule has 8 N–H and O–H groups in total. The number of amides is 7. The summed E-state index contributed by atoms with van der Waals surface area (Å²) in [5, 5.41) is 36.3. The Balaban J connectivity index is 0.806. The van der Waals surface area contributed by atoms with Crippen molar-refractivity contribution in [1.29, 1.82) is 0 Å². The fourth-order valence-corrected chi connectivity index (χ4v) is 11.3. The molecule has 21 heteroatoms. The number of unbranched alkanes of at least 4 members (excludes halogenated alkanes) is 5. The number of anilines is 1. The summed E-state index contributed by atoms with van der Waals surface area (Å²) in [7, 11) is 0. The highest BCUT2D eigenvalue weighted by atomic mass is 35.5. The van der Waals surface area contributed by atoms with Gasteiger partial charge < -0.3 is 42.3 Å². The molecule has 0 bridgehead atoms. The minimum atomic E-state index is -0.771. The molecule has 18 nitrogen and oxygen atoms in total. The molecule has 458 valence electrons. The molecule has 7 amide bonds. The van der Waals surface area contributed by atoms with Crippen LogP contribution in [0.1, 0.15) is 143 Å². The first kappa shape index (κ1) is 67.1. The van der Waals surface area contributed by atoms with Crippen LogP contribution in [-0.2, 0) is 48.0 Å². The number of fused-ring (bicyclic) bond motifs is 1. The summed E-state index contributed by atoms with van der Waals surface area (Å²) < 4.78 is 1.64. The minimum Gasteiger partial charge on any atom is -0.508 e. The lowest BCUT2D eigenvalue weighted by Crippen LogP contribution is -2.47. The van der Waals surface area contributed by atoms with Crippen LogP contribution in [0.3, 0.4) is 0 Å². The summed E-state index contributed by atoms with van der Waals surface area (Å²) in [5.41, 5.74) is 7.16. The third-order valence-corrected chi connectivity index (χ3v) is 15.9. The number of halogens is 3. The highest BCUT2D eigenvalue weighted by Crippen LogP contribution is 2.34. The molecule has 0 radical (unpaired) electrons. The van der Waals surface area contributed by atoms with Crippen LogP contribution in [0.4, 0.5) is 5.69 Å². The standard InChI is InChI=1S/C64H83Cl3N10O8/c1-5-38-76(51-28-29-52-47(40-51)15-14-18-57(52)80)39-33-45-19-26-50(27-20-45)74-59(82)32-31-58(81)68-34-12-8-16-54(72-43(3)78)63(84)70-37-13-9-17-55(73-44(4)79)62(83)69-35-10-6-7-11-36-71-64(85)60-42(2)61(46-21-23-48(65)24-22-46)77(75-60)56-30-25-49(66)41-53(56)67/h14-15,18-27,30,41,51,54-55,80H,5-13,16-17,28-29,31-40H2,1-4H3,(H,68,81)(H,69,83)(H,70,84)(H,71,85)(H,72,78)(H,73,79)(H,74,82)/t51?,54-,55-/m0/s1. The number of aromatic hydroxyl groups is 1. The number of nitrogens with one attached hydrogen (secondary N) is 7. The second kappa shape index (κ2) is 34.8. The third kappa shape index (κ3) is 21.8. The molecule has 0 saturated carbocycles. The average molecular weight is 1230 g/mol. The lowest BCUT2D eigenvalue weighted by atomic mass is 9.86. The lowest BCUT2D eigenvalue weighted by Gasteiger charge is -2.35. The molecule has 5 aromatic rings. The van der Waals surface area contributed by atoms with Crippen LogP contribution in [0.25, 0.3) is 16.9 Å². The van der Waals surface area contributed by atoms with Crippen LogP contribution in [0.15, 0.2) is 84.9 Å². The van der Waals surface area contributed by atoms with Gasteiger partial charge in [-0.1, -0.05) is 91.0 Å². The van der Waals surface area contributed by atoms with Gasteiger partial charge in [-0.3, -0.25) is 38.5 Å². The lowest BCUT2D eigenvalue weighted by molar-refractivity contribution is -0.128. The van der Waals surface area contributed by atoms with E-state index >= 15 is 0 Å². The van der Waals surface area contributed by atoms with E-state index in [-0.39, 0.29) is 59.9 Å². The van der Waals surface area contributed by atoms with Gasteiger partial charge in [0, 0.05) is 92.3 Å². The van der Waals surface area contributed by atoms with Gasteiger partial charge in [0.15, 0.2) is 5.69 Å². The number of phenols is 1. The Morgan fingerprint density at radius 1 is 0.682 bits per heavy atom. The van der Waals surface area contributed by atoms with Crippen LogP contribution < -0.4 is 37.2 Å². The Kier molecular flexibility index (Phi) is 27.5. The first-order valence-corrected chi connectivity index (χ1v) is 30.9. The molecule has 1 aliphatic carbocycles. The number of phenolic OH excluding ortho intramolecular Hbond substituents is 1. The summed E-state index contributed by atoms with van der Waals surface area (Å²) in [4.78, 5) is 91.6. The predicted molar refractivity (Wildman–Crippen MR) is 335 cm³/mol. The smallest absolute Gasteiger partial charge is 0.272 e. The van der Waals surface area contributed by atoms with E-state index in [1.165, 1.54) is 25.0 Å². The molecule has 4 aromatic carbocycles. The topological polar surface area (TPSA) is 245 Å². The molecule has 6 rings (SSSR count). The van der Waals surface area contributed by atoms with Gasteiger partial charge in [-0.25, -0.2) is 4.68 Å². The van der Waals surface area contributed by atoms with Crippen LogP contribution in [0.5, 0.6) is 5.75 Å². The molecule has 1 aromatic heterocycles. The Morgan fingerprint density at radius 2 is 1.27 bits per heavy atom. The molecule has 1 unspecified atom stereocenters. The zero-order valence-corrected chi connectivity index (χ0v) is 51.6. The van der Waals surface area contributed by atoms with Gasteiger partial charge >= 0.3 is 0 Å². The van der Waals surface area contributed by atoms with E-state index in [4.69, 9.17) is 34.8 Å². The van der Waals surface area contributed by atoms with Crippen molar-refractivity contribution in [2.45, 2.75) is 155 Å². The van der Waals surface area contributed by atoms with Crippen molar-refractivity contribution < 1.29 is 38.7 Å². The van der Waals surface area contributed by atoms with Crippen LogP contribution >= 0.6 is 34.8 Å². The van der Waals surface area contributed by atoms with Crippen molar-refractivity contribution >= 4 is 81.8 Å². The SMILES string of the molecule is CCCN(CCc1ccc(NC(=O)CCC(=O)NCCCC[C@H](NC(C)=O)C(=O)NCCCC[C@H](NC(C)=O)C(=O)NCCCCCCNC(=O)c2nn(-c3ccc(Cl)cc3Cl)c(-c3ccc(Cl)cc3)c2C)cc1)C1CCc2c(O)cccc2C1. The van der Waals surface area contributed by atoms with Gasteiger partial charge in [0.2, 0.25) is 35.4 Å². The predicted octanol–water partition coefficient (Wildman–Crippen LogP) is 9.73. The second-order valence-electron chi connectivity index (χ2n) is 21.8. The van der Waals surface area contributed by atoms with E-state index < -0.39 is 12.1 Å². The quantitative estimate of drug-likeness (QED) is 0.0181.